The van der Waals surface area contributed by atoms with Crippen LogP contribution >= 0.6 is 11.8 Å². The maximum Gasteiger partial charge on any atom is 0.224 e. The van der Waals surface area contributed by atoms with Gasteiger partial charge < -0.3 is 10.2 Å². The molecule has 1 atom stereocenters. The lowest BCUT2D eigenvalue weighted by molar-refractivity contribution is -0.131. The fourth-order valence-corrected chi connectivity index (χ4v) is 3.64. The molecule has 2 rings (SSSR count). The van der Waals surface area contributed by atoms with E-state index >= 15 is 0 Å². The molecule has 2 aliphatic heterocycles. The normalized spacial score (nSPS) is 25.9. The minimum Gasteiger partial charge on any atom is -0.361 e. The van der Waals surface area contributed by atoms with Gasteiger partial charge in [-0.2, -0.15) is 0 Å². The molecule has 5 heteroatoms. The van der Waals surface area contributed by atoms with Gasteiger partial charge in [-0.1, -0.05) is 25.6 Å². The Labute approximate surface area is 120 Å². The first-order valence-corrected chi connectivity index (χ1v) is 8.37. The van der Waals surface area contributed by atoms with Gasteiger partial charge in [-0.15, -0.1) is 0 Å². The third kappa shape index (κ3) is 4.41. The highest BCUT2D eigenvalue weighted by Crippen LogP contribution is 2.19. The number of hydrogen-bond acceptors (Lipinski definition) is 3. The molecule has 0 bridgehead atoms. The fraction of sp³-hybridized carbons (Fsp3) is 0.857. The van der Waals surface area contributed by atoms with Crippen LogP contribution in [0.2, 0.25) is 0 Å². The van der Waals surface area contributed by atoms with Crippen LogP contribution in [0.25, 0.3) is 0 Å². The van der Waals surface area contributed by atoms with Crippen LogP contribution in [0.3, 0.4) is 0 Å². The van der Waals surface area contributed by atoms with Gasteiger partial charge in [0.15, 0.2) is 5.17 Å². The average molecular weight is 283 g/mol. The number of carbonyl (C=O) groups is 1. The van der Waals surface area contributed by atoms with Crippen molar-refractivity contribution in [2.45, 2.75) is 45.6 Å². The molecule has 0 aromatic heterocycles. The zero-order chi connectivity index (χ0) is 13.7. The predicted octanol–water partition coefficient (Wildman–Crippen LogP) is 2.11. The van der Waals surface area contributed by atoms with E-state index in [0.717, 1.165) is 36.9 Å². The smallest absolute Gasteiger partial charge is 0.224 e. The third-order valence-corrected chi connectivity index (χ3v) is 4.85. The van der Waals surface area contributed by atoms with E-state index in [-0.39, 0.29) is 5.91 Å². The Balaban J connectivity index is 1.69. The van der Waals surface area contributed by atoms with E-state index in [1.165, 1.54) is 6.42 Å². The van der Waals surface area contributed by atoms with Crippen LogP contribution in [-0.4, -0.2) is 47.4 Å². The number of likely N-dealkylation sites (tertiary alicyclic amines) is 1. The number of thioether (sulfide) groups is 1. The number of carbonyl (C=O) groups excluding carboxylic acids is 1. The topological polar surface area (TPSA) is 44.7 Å². The summed E-state index contributed by atoms with van der Waals surface area (Å²) in [7, 11) is 0. The number of nitrogens with zero attached hydrogens (tertiary/aromatic N) is 2. The summed E-state index contributed by atoms with van der Waals surface area (Å²) in [6.07, 6.45) is 4.14. The van der Waals surface area contributed by atoms with Gasteiger partial charge in [0.1, 0.15) is 0 Å². The quantitative estimate of drug-likeness (QED) is 0.859. The molecule has 0 unspecified atom stereocenters. The Morgan fingerprint density at radius 1 is 1.42 bits per heavy atom. The molecule has 2 aliphatic rings. The van der Waals surface area contributed by atoms with Gasteiger partial charge >= 0.3 is 0 Å². The summed E-state index contributed by atoms with van der Waals surface area (Å²) in [6.45, 7) is 6.95. The molecule has 108 valence electrons. The van der Waals surface area contributed by atoms with Gasteiger partial charge in [-0.05, 0) is 25.2 Å². The number of piperidine rings is 1. The maximum absolute atomic E-state index is 12.0. The number of rotatable bonds is 4. The van der Waals surface area contributed by atoms with Crippen LogP contribution in [0.1, 0.15) is 39.5 Å². The molecule has 1 N–H and O–H groups in total. The van der Waals surface area contributed by atoms with E-state index in [9.17, 15) is 4.79 Å². The molecule has 1 amide bonds. The van der Waals surface area contributed by atoms with Gasteiger partial charge in [0.25, 0.3) is 0 Å². The summed E-state index contributed by atoms with van der Waals surface area (Å²) in [5.74, 6) is 2.00. The molecule has 0 radical (unpaired) electrons. The Kier molecular flexibility index (Phi) is 5.55. The summed E-state index contributed by atoms with van der Waals surface area (Å²) in [6, 6.07) is 0.529. The van der Waals surface area contributed by atoms with Gasteiger partial charge in [0.05, 0.1) is 6.54 Å². The molecule has 19 heavy (non-hydrogen) atoms. The van der Waals surface area contributed by atoms with E-state index < -0.39 is 0 Å². The van der Waals surface area contributed by atoms with Crippen molar-refractivity contribution in [2.75, 3.05) is 25.4 Å². The lowest BCUT2D eigenvalue weighted by Crippen LogP contribution is -2.36. The van der Waals surface area contributed by atoms with E-state index in [0.29, 0.717) is 24.9 Å². The predicted molar refractivity (Wildman–Crippen MR) is 81.6 cm³/mol. The monoisotopic (exact) mass is 283 g/mol. The molecule has 0 saturated carbocycles. The van der Waals surface area contributed by atoms with Crippen LogP contribution in [0.4, 0.5) is 0 Å². The number of aliphatic imine (C=N–C) groups is 1. The van der Waals surface area contributed by atoms with E-state index in [1.54, 1.807) is 11.8 Å². The molecule has 2 fully saturated rings. The fourth-order valence-electron chi connectivity index (χ4n) is 2.42. The summed E-state index contributed by atoms with van der Waals surface area (Å²) in [4.78, 5) is 18.5. The Hall–Kier alpha value is -0.710. The van der Waals surface area contributed by atoms with Crippen molar-refractivity contribution in [3.05, 3.63) is 0 Å². The highest BCUT2D eigenvalue weighted by atomic mass is 32.2. The summed E-state index contributed by atoms with van der Waals surface area (Å²) in [5, 5.41) is 4.45. The Bertz CT molecular complexity index is 338. The van der Waals surface area contributed by atoms with Crippen molar-refractivity contribution in [1.29, 1.82) is 0 Å². The molecule has 2 heterocycles. The first-order valence-electron chi connectivity index (χ1n) is 7.38. The minimum atomic E-state index is 0.271. The van der Waals surface area contributed by atoms with Crippen molar-refractivity contribution in [3.8, 4) is 0 Å². The van der Waals surface area contributed by atoms with Crippen LogP contribution in [-0.2, 0) is 4.79 Å². The molecule has 0 aromatic rings. The van der Waals surface area contributed by atoms with E-state index in [1.807, 2.05) is 4.90 Å². The Morgan fingerprint density at radius 3 is 2.79 bits per heavy atom. The first-order chi connectivity index (χ1) is 9.16. The molecular weight excluding hydrogens is 258 g/mol. The number of nitrogens with one attached hydrogen (secondary N) is 1. The SMILES string of the molecule is CC(C)[C@H]1CSC(=NCCC(=O)N2CCCCC2)N1. The van der Waals surface area contributed by atoms with Crippen molar-refractivity contribution >= 4 is 22.8 Å². The summed E-state index contributed by atoms with van der Waals surface area (Å²) < 4.78 is 0. The first kappa shape index (κ1) is 14.7. The number of hydrogen-bond donors (Lipinski definition) is 1. The summed E-state index contributed by atoms with van der Waals surface area (Å²) >= 11 is 1.78. The van der Waals surface area contributed by atoms with Gasteiger partial charge in [-0.3, -0.25) is 9.79 Å². The van der Waals surface area contributed by atoms with Crippen molar-refractivity contribution in [1.82, 2.24) is 10.2 Å². The second-order valence-corrected chi connectivity index (χ2v) is 6.69. The average Bonchev–Trinajstić information content (AvgIpc) is 2.89. The number of amidine groups is 1. The van der Waals surface area contributed by atoms with E-state index in [4.69, 9.17) is 0 Å². The van der Waals surface area contributed by atoms with Gasteiger partial charge in [0, 0.05) is 31.3 Å². The van der Waals surface area contributed by atoms with Crippen LogP contribution in [0.15, 0.2) is 4.99 Å². The molecule has 0 spiro atoms. The van der Waals surface area contributed by atoms with Crippen molar-refractivity contribution in [3.63, 3.8) is 0 Å². The molecule has 4 nitrogen and oxygen atoms in total. The summed E-state index contributed by atoms with van der Waals surface area (Å²) in [5.41, 5.74) is 0. The Morgan fingerprint density at radius 2 is 2.16 bits per heavy atom. The lowest BCUT2D eigenvalue weighted by Gasteiger charge is -2.26. The highest BCUT2D eigenvalue weighted by Gasteiger charge is 2.22. The molecule has 0 aromatic carbocycles. The van der Waals surface area contributed by atoms with Crippen LogP contribution < -0.4 is 5.32 Å². The third-order valence-electron chi connectivity index (χ3n) is 3.80. The molecule has 2 saturated heterocycles. The lowest BCUT2D eigenvalue weighted by atomic mass is 10.1. The minimum absolute atomic E-state index is 0.271. The van der Waals surface area contributed by atoms with Gasteiger partial charge in [0.2, 0.25) is 5.91 Å². The largest absolute Gasteiger partial charge is 0.361 e. The zero-order valence-electron chi connectivity index (χ0n) is 12.0. The number of amides is 1. The molecular formula is C14H25N3OS. The maximum atomic E-state index is 12.0. The second kappa shape index (κ2) is 7.17. The standard InChI is InChI=1S/C14H25N3OS/c1-11(2)12-10-19-14(16-12)15-7-6-13(18)17-8-4-3-5-9-17/h11-12H,3-10H2,1-2H3,(H,15,16)/t12-/m1/s1. The van der Waals surface area contributed by atoms with Gasteiger partial charge in [-0.25, -0.2) is 0 Å². The van der Waals surface area contributed by atoms with Crippen molar-refractivity contribution < 1.29 is 4.79 Å². The zero-order valence-corrected chi connectivity index (χ0v) is 12.8. The van der Waals surface area contributed by atoms with Crippen LogP contribution in [0, 0.1) is 5.92 Å². The highest BCUT2D eigenvalue weighted by molar-refractivity contribution is 8.14. The van der Waals surface area contributed by atoms with Crippen LogP contribution in [0.5, 0.6) is 0 Å². The molecule has 0 aliphatic carbocycles. The van der Waals surface area contributed by atoms with E-state index in [2.05, 4.69) is 24.2 Å². The second-order valence-electron chi connectivity index (χ2n) is 5.68. The van der Waals surface area contributed by atoms with Crippen molar-refractivity contribution in [2.24, 2.45) is 10.9 Å².